The fourth-order valence-electron chi connectivity index (χ4n) is 3.12. The number of carbonyl (C=O) groups is 1. The molecule has 2 aromatic rings. The quantitative estimate of drug-likeness (QED) is 0.805. The van der Waals surface area contributed by atoms with Crippen LogP contribution in [0.2, 0.25) is 5.02 Å². The first-order valence-corrected chi connectivity index (χ1v) is 8.33. The van der Waals surface area contributed by atoms with Gasteiger partial charge in [-0.05, 0) is 5.56 Å². The number of hydrogen-bond donors (Lipinski definition) is 2. The molecule has 7 nitrogen and oxygen atoms in total. The molecule has 1 aliphatic heterocycles. The van der Waals surface area contributed by atoms with E-state index in [9.17, 15) is 4.79 Å². The Balaban J connectivity index is 0.00000243. The maximum atomic E-state index is 12.9. The van der Waals surface area contributed by atoms with Crippen LogP contribution in [-0.2, 0) is 11.8 Å². The second-order valence-electron chi connectivity index (χ2n) is 5.99. The lowest BCUT2D eigenvalue weighted by Crippen LogP contribution is -2.28. The molecule has 1 aromatic carbocycles. The highest BCUT2D eigenvalue weighted by Gasteiger charge is 2.35. The molecule has 26 heavy (non-hydrogen) atoms. The third-order valence-electron chi connectivity index (χ3n) is 4.44. The van der Waals surface area contributed by atoms with Crippen molar-refractivity contribution < 1.29 is 14.3 Å². The van der Waals surface area contributed by atoms with Crippen LogP contribution < -0.4 is 20.1 Å². The summed E-state index contributed by atoms with van der Waals surface area (Å²) in [5.74, 6) is 0.764. The number of carbonyl (C=O) groups excluding carboxylic acids is 1. The van der Waals surface area contributed by atoms with E-state index in [-0.39, 0.29) is 30.2 Å². The summed E-state index contributed by atoms with van der Waals surface area (Å²) in [5, 5.41) is 10.9. The van der Waals surface area contributed by atoms with Crippen molar-refractivity contribution in [2.75, 3.05) is 32.6 Å². The van der Waals surface area contributed by atoms with Gasteiger partial charge >= 0.3 is 0 Å². The zero-order valence-corrected chi connectivity index (χ0v) is 16.4. The van der Waals surface area contributed by atoms with Gasteiger partial charge in [0.2, 0.25) is 5.91 Å². The number of rotatable bonds is 5. The molecule has 142 valence electrons. The van der Waals surface area contributed by atoms with Crippen molar-refractivity contribution in [2.45, 2.75) is 5.92 Å². The number of benzene rings is 1. The number of amides is 1. The summed E-state index contributed by atoms with van der Waals surface area (Å²) in [6, 6.07) is 3.29. The van der Waals surface area contributed by atoms with E-state index in [0.717, 1.165) is 12.1 Å². The van der Waals surface area contributed by atoms with Crippen LogP contribution in [-0.4, -0.2) is 43.0 Å². The number of aromatic nitrogens is 2. The van der Waals surface area contributed by atoms with Gasteiger partial charge in [0.15, 0.2) is 0 Å². The molecule has 0 aliphatic carbocycles. The number of nitrogens with one attached hydrogen (secondary N) is 2. The molecule has 0 bridgehead atoms. The monoisotopic (exact) mass is 400 g/mol. The Morgan fingerprint density at radius 3 is 2.65 bits per heavy atom. The Kier molecular flexibility index (Phi) is 6.75. The molecule has 2 heterocycles. The van der Waals surface area contributed by atoms with Gasteiger partial charge in [-0.15, -0.1) is 12.4 Å². The third-order valence-corrected chi connectivity index (χ3v) is 4.73. The smallest absolute Gasteiger partial charge is 0.229 e. The first-order chi connectivity index (χ1) is 12.0. The van der Waals surface area contributed by atoms with Crippen LogP contribution in [0.25, 0.3) is 0 Å². The van der Waals surface area contributed by atoms with Gasteiger partial charge in [0, 0.05) is 44.4 Å². The molecular formula is C17H22Cl2N4O3. The summed E-state index contributed by atoms with van der Waals surface area (Å²) < 4.78 is 12.3. The fourth-order valence-corrected chi connectivity index (χ4v) is 3.35. The molecule has 0 saturated carbocycles. The molecule has 1 aliphatic rings. The van der Waals surface area contributed by atoms with Gasteiger partial charge in [-0.3, -0.25) is 9.48 Å². The maximum absolute atomic E-state index is 12.9. The normalized spacial score (nSPS) is 18.9. The zero-order valence-electron chi connectivity index (χ0n) is 14.8. The molecular weight excluding hydrogens is 379 g/mol. The highest BCUT2D eigenvalue weighted by molar-refractivity contribution is 6.32. The Bertz CT molecular complexity index is 781. The van der Waals surface area contributed by atoms with Crippen molar-refractivity contribution in [3.05, 3.63) is 35.1 Å². The van der Waals surface area contributed by atoms with Crippen LogP contribution in [0.4, 0.5) is 5.69 Å². The van der Waals surface area contributed by atoms with Gasteiger partial charge < -0.3 is 20.1 Å². The number of aryl methyl sites for hydroxylation is 1. The molecule has 1 aromatic heterocycles. The van der Waals surface area contributed by atoms with Gasteiger partial charge in [-0.25, -0.2) is 0 Å². The average Bonchev–Trinajstić information content (AvgIpc) is 3.24. The van der Waals surface area contributed by atoms with Crippen LogP contribution in [0.3, 0.4) is 0 Å². The van der Waals surface area contributed by atoms with Crippen molar-refractivity contribution in [2.24, 2.45) is 13.0 Å². The number of nitrogens with zero attached hydrogens (tertiary/aromatic N) is 2. The second-order valence-corrected chi connectivity index (χ2v) is 6.40. The topological polar surface area (TPSA) is 77.4 Å². The lowest BCUT2D eigenvalue weighted by Gasteiger charge is -2.19. The van der Waals surface area contributed by atoms with E-state index in [2.05, 4.69) is 15.7 Å². The Morgan fingerprint density at radius 1 is 1.31 bits per heavy atom. The summed E-state index contributed by atoms with van der Waals surface area (Å²) in [6.45, 7) is 1.35. The van der Waals surface area contributed by atoms with E-state index in [1.54, 1.807) is 16.8 Å². The molecule has 0 radical (unpaired) electrons. The summed E-state index contributed by atoms with van der Waals surface area (Å²) in [4.78, 5) is 12.9. The molecule has 0 unspecified atom stereocenters. The van der Waals surface area contributed by atoms with E-state index in [4.69, 9.17) is 21.1 Å². The van der Waals surface area contributed by atoms with Crippen LogP contribution in [0, 0.1) is 5.92 Å². The number of methoxy groups -OCH3 is 2. The minimum Gasteiger partial charge on any atom is -0.495 e. The molecule has 1 saturated heterocycles. The van der Waals surface area contributed by atoms with Gasteiger partial charge in [-0.2, -0.15) is 5.10 Å². The Labute approximate surface area is 163 Å². The predicted octanol–water partition coefficient (Wildman–Crippen LogP) is 2.45. The average molecular weight is 401 g/mol. The van der Waals surface area contributed by atoms with Crippen molar-refractivity contribution >= 4 is 35.6 Å². The van der Waals surface area contributed by atoms with Gasteiger partial charge in [0.05, 0.1) is 37.0 Å². The van der Waals surface area contributed by atoms with E-state index in [1.807, 2.05) is 19.4 Å². The highest BCUT2D eigenvalue weighted by atomic mass is 35.5. The molecule has 1 amide bonds. The second kappa shape index (κ2) is 8.62. The predicted molar refractivity (Wildman–Crippen MR) is 103 cm³/mol. The van der Waals surface area contributed by atoms with E-state index >= 15 is 0 Å². The number of hydrogen-bond acceptors (Lipinski definition) is 5. The van der Waals surface area contributed by atoms with Gasteiger partial charge in [0.1, 0.15) is 11.5 Å². The van der Waals surface area contributed by atoms with Gasteiger partial charge in [-0.1, -0.05) is 11.6 Å². The summed E-state index contributed by atoms with van der Waals surface area (Å²) in [6.07, 6.45) is 3.76. The zero-order chi connectivity index (χ0) is 18.0. The van der Waals surface area contributed by atoms with Crippen LogP contribution in [0.1, 0.15) is 11.5 Å². The standard InChI is InChI=1S/C17H21ClN4O3.ClH/c1-22-9-10(6-20-22)11-7-19-8-12(11)17(23)21-14-5-15(24-2)13(18)4-16(14)25-3;/h4-6,9,11-12,19H,7-8H2,1-3H3,(H,21,23);1H/t11-,12+;/m1./s1. The Hall–Kier alpha value is -1.96. The molecule has 1 fully saturated rings. The Morgan fingerprint density at radius 2 is 2.04 bits per heavy atom. The molecule has 0 spiro atoms. The summed E-state index contributed by atoms with van der Waals surface area (Å²) in [7, 11) is 4.92. The van der Waals surface area contributed by atoms with E-state index < -0.39 is 0 Å². The van der Waals surface area contributed by atoms with E-state index in [1.165, 1.54) is 14.2 Å². The van der Waals surface area contributed by atoms with Crippen molar-refractivity contribution in [3.8, 4) is 11.5 Å². The summed E-state index contributed by atoms with van der Waals surface area (Å²) >= 11 is 6.11. The number of halogens is 2. The minimum atomic E-state index is -0.199. The lowest BCUT2D eigenvalue weighted by atomic mass is 9.90. The number of ether oxygens (including phenoxy) is 2. The van der Waals surface area contributed by atoms with Crippen molar-refractivity contribution in [3.63, 3.8) is 0 Å². The largest absolute Gasteiger partial charge is 0.495 e. The highest BCUT2D eigenvalue weighted by Crippen LogP contribution is 2.37. The third kappa shape index (κ3) is 4.06. The summed E-state index contributed by atoms with van der Waals surface area (Å²) in [5.41, 5.74) is 1.58. The molecule has 9 heteroatoms. The van der Waals surface area contributed by atoms with Crippen LogP contribution >= 0.6 is 24.0 Å². The fraction of sp³-hybridized carbons (Fsp3) is 0.412. The SMILES string of the molecule is COc1cc(NC(=O)[C@H]2CNC[C@@H]2c2cnn(C)c2)c(OC)cc1Cl.Cl. The molecule has 2 atom stereocenters. The minimum absolute atomic E-state index is 0. The van der Waals surface area contributed by atoms with Crippen molar-refractivity contribution in [1.82, 2.24) is 15.1 Å². The van der Waals surface area contributed by atoms with Crippen LogP contribution in [0.5, 0.6) is 11.5 Å². The van der Waals surface area contributed by atoms with Crippen LogP contribution in [0.15, 0.2) is 24.5 Å². The maximum Gasteiger partial charge on any atom is 0.229 e. The molecule has 3 rings (SSSR count). The molecule has 2 N–H and O–H groups in total. The number of anilines is 1. The lowest BCUT2D eigenvalue weighted by molar-refractivity contribution is -0.119. The first kappa shape index (κ1) is 20.4. The van der Waals surface area contributed by atoms with Gasteiger partial charge in [0.25, 0.3) is 0 Å². The van der Waals surface area contributed by atoms with Crippen molar-refractivity contribution in [1.29, 1.82) is 0 Å². The van der Waals surface area contributed by atoms with E-state index in [0.29, 0.717) is 28.8 Å². The first-order valence-electron chi connectivity index (χ1n) is 7.95.